The van der Waals surface area contributed by atoms with E-state index in [1.54, 1.807) is 0 Å². The van der Waals surface area contributed by atoms with E-state index >= 15 is 0 Å². The molecule has 2 rings (SSSR count). The number of carbonyl (C=O) groups is 1. The molecule has 0 radical (unpaired) electrons. The molecule has 24 heavy (non-hydrogen) atoms. The van der Waals surface area contributed by atoms with Crippen molar-refractivity contribution < 1.29 is 15.0 Å². The molecule has 0 unspecified atom stereocenters. The van der Waals surface area contributed by atoms with Gasteiger partial charge in [-0.25, -0.2) is 0 Å². The standard InChI is InChI=1S/C20H27NO3/c1-21(15-16-9-5-4-6-10-16)18-13-14-19(22)17(18)11-7-2-3-8-12-20(23)24/h2,4-7,9-10,13-14,17-19,22H,3,8,11-12,15H2,1H3,(H,23,24)/t17-,18+,19+/m1/s1. The minimum Gasteiger partial charge on any atom is -0.481 e. The summed E-state index contributed by atoms with van der Waals surface area (Å²) in [4.78, 5) is 12.8. The second-order valence-electron chi connectivity index (χ2n) is 6.42. The zero-order valence-electron chi connectivity index (χ0n) is 14.2. The average molecular weight is 329 g/mol. The van der Waals surface area contributed by atoms with Crippen LogP contribution in [0, 0.1) is 5.92 Å². The lowest BCUT2D eigenvalue weighted by Crippen LogP contribution is -2.37. The van der Waals surface area contributed by atoms with E-state index in [1.165, 1.54) is 5.56 Å². The molecule has 4 heteroatoms. The molecule has 4 nitrogen and oxygen atoms in total. The first kappa shape index (κ1) is 18.4. The van der Waals surface area contributed by atoms with Gasteiger partial charge >= 0.3 is 5.97 Å². The highest BCUT2D eigenvalue weighted by molar-refractivity contribution is 5.66. The number of hydrogen-bond acceptors (Lipinski definition) is 3. The summed E-state index contributed by atoms with van der Waals surface area (Å²) in [6.07, 6.45) is 10.1. The van der Waals surface area contributed by atoms with E-state index in [0.29, 0.717) is 6.42 Å². The maximum Gasteiger partial charge on any atom is 0.303 e. The summed E-state index contributed by atoms with van der Waals surface area (Å²) in [5, 5.41) is 18.8. The van der Waals surface area contributed by atoms with Crippen LogP contribution >= 0.6 is 0 Å². The van der Waals surface area contributed by atoms with Gasteiger partial charge in [0.1, 0.15) is 0 Å². The maximum absolute atomic E-state index is 10.5. The number of carboxylic acid groups (broad SMARTS) is 1. The Balaban J connectivity index is 1.84. The molecule has 1 aliphatic carbocycles. The lowest BCUT2D eigenvalue weighted by molar-refractivity contribution is -0.137. The number of hydrogen-bond donors (Lipinski definition) is 2. The summed E-state index contributed by atoms with van der Waals surface area (Å²) in [5.41, 5.74) is 1.26. The Bertz CT molecular complexity index is 568. The molecule has 3 atom stereocenters. The van der Waals surface area contributed by atoms with Gasteiger partial charge in [-0.3, -0.25) is 9.69 Å². The molecular formula is C20H27NO3. The molecule has 0 fully saturated rings. The Morgan fingerprint density at radius 2 is 1.96 bits per heavy atom. The highest BCUT2D eigenvalue weighted by Crippen LogP contribution is 2.28. The van der Waals surface area contributed by atoms with Crippen LogP contribution in [-0.2, 0) is 11.3 Å². The third-order valence-electron chi connectivity index (χ3n) is 4.50. The van der Waals surface area contributed by atoms with Crippen LogP contribution in [0.15, 0.2) is 54.6 Å². The third kappa shape index (κ3) is 5.62. The van der Waals surface area contributed by atoms with E-state index in [2.05, 4.69) is 36.2 Å². The first-order chi connectivity index (χ1) is 11.6. The molecular weight excluding hydrogens is 302 g/mol. The van der Waals surface area contributed by atoms with Crippen molar-refractivity contribution in [1.29, 1.82) is 0 Å². The average Bonchev–Trinajstić information content (AvgIpc) is 2.92. The first-order valence-corrected chi connectivity index (χ1v) is 8.55. The number of aliphatic carboxylic acids is 1. The van der Waals surface area contributed by atoms with Crippen molar-refractivity contribution in [3.8, 4) is 0 Å². The summed E-state index contributed by atoms with van der Waals surface area (Å²) in [6, 6.07) is 10.5. The van der Waals surface area contributed by atoms with Gasteiger partial charge in [0.2, 0.25) is 0 Å². The molecule has 0 spiro atoms. The van der Waals surface area contributed by atoms with Gasteiger partial charge < -0.3 is 10.2 Å². The lowest BCUT2D eigenvalue weighted by Gasteiger charge is -2.30. The predicted molar refractivity (Wildman–Crippen MR) is 95.6 cm³/mol. The van der Waals surface area contributed by atoms with Crippen LogP contribution in [0.2, 0.25) is 0 Å². The van der Waals surface area contributed by atoms with Crippen molar-refractivity contribution in [2.45, 2.75) is 44.4 Å². The van der Waals surface area contributed by atoms with Crippen LogP contribution < -0.4 is 0 Å². The van der Waals surface area contributed by atoms with Gasteiger partial charge in [-0.15, -0.1) is 0 Å². The van der Waals surface area contributed by atoms with Crippen molar-refractivity contribution in [2.75, 3.05) is 7.05 Å². The van der Waals surface area contributed by atoms with Crippen molar-refractivity contribution in [3.05, 3.63) is 60.2 Å². The van der Waals surface area contributed by atoms with Crippen LogP contribution in [-0.4, -0.2) is 40.3 Å². The Hall–Kier alpha value is -1.91. The number of unbranched alkanes of at least 4 members (excludes halogenated alkanes) is 1. The molecule has 0 aromatic heterocycles. The number of allylic oxidation sites excluding steroid dienone is 2. The number of likely N-dealkylation sites (N-methyl/N-ethyl adjacent to an activating group) is 1. The SMILES string of the molecule is CN(Cc1ccccc1)[C@H]1C=C[C@H](O)[C@@H]1CC=CCCCC(=O)O. The normalized spacial score (nSPS) is 23.4. The van der Waals surface area contributed by atoms with Crippen LogP contribution in [0.3, 0.4) is 0 Å². The predicted octanol–water partition coefficient (Wildman–Crippen LogP) is 3.24. The van der Waals surface area contributed by atoms with Crippen molar-refractivity contribution in [2.24, 2.45) is 5.92 Å². The fourth-order valence-electron chi connectivity index (χ4n) is 3.19. The molecule has 2 N–H and O–H groups in total. The summed E-state index contributed by atoms with van der Waals surface area (Å²) < 4.78 is 0. The van der Waals surface area contributed by atoms with E-state index in [1.807, 2.05) is 30.4 Å². The first-order valence-electron chi connectivity index (χ1n) is 8.55. The lowest BCUT2D eigenvalue weighted by atomic mass is 9.94. The van der Waals surface area contributed by atoms with E-state index in [0.717, 1.165) is 19.4 Å². The van der Waals surface area contributed by atoms with Gasteiger partial charge in [0.25, 0.3) is 0 Å². The van der Waals surface area contributed by atoms with Gasteiger partial charge in [-0.1, -0.05) is 54.6 Å². The van der Waals surface area contributed by atoms with Crippen molar-refractivity contribution >= 4 is 5.97 Å². The van der Waals surface area contributed by atoms with Crippen LogP contribution in [0.1, 0.15) is 31.2 Å². The summed E-state index contributed by atoms with van der Waals surface area (Å²) in [5.74, 6) is -0.601. The number of carboxylic acids is 1. The summed E-state index contributed by atoms with van der Waals surface area (Å²) in [6.45, 7) is 0.849. The number of nitrogens with zero attached hydrogens (tertiary/aromatic N) is 1. The second kappa shape index (κ2) is 9.40. The Morgan fingerprint density at radius 3 is 2.67 bits per heavy atom. The van der Waals surface area contributed by atoms with E-state index in [4.69, 9.17) is 5.11 Å². The van der Waals surface area contributed by atoms with Crippen molar-refractivity contribution in [3.63, 3.8) is 0 Å². The van der Waals surface area contributed by atoms with Gasteiger partial charge in [0.15, 0.2) is 0 Å². The molecule has 130 valence electrons. The number of aliphatic hydroxyl groups is 1. The largest absolute Gasteiger partial charge is 0.481 e. The molecule has 0 saturated heterocycles. The minimum atomic E-state index is -0.749. The van der Waals surface area contributed by atoms with Crippen LogP contribution in [0.4, 0.5) is 0 Å². The minimum absolute atomic E-state index is 0.148. The highest BCUT2D eigenvalue weighted by Gasteiger charge is 2.31. The molecule has 0 heterocycles. The van der Waals surface area contributed by atoms with E-state index in [9.17, 15) is 9.90 Å². The monoisotopic (exact) mass is 329 g/mol. The third-order valence-corrected chi connectivity index (χ3v) is 4.50. The second-order valence-corrected chi connectivity index (χ2v) is 6.42. The Kier molecular flexibility index (Phi) is 7.22. The van der Waals surface area contributed by atoms with E-state index < -0.39 is 12.1 Å². The molecule has 0 bridgehead atoms. The van der Waals surface area contributed by atoms with Crippen LogP contribution in [0.5, 0.6) is 0 Å². The highest BCUT2D eigenvalue weighted by atomic mass is 16.4. The zero-order valence-corrected chi connectivity index (χ0v) is 14.2. The maximum atomic E-state index is 10.5. The van der Waals surface area contributed by atoms with Gasteiger partial charge in [0.05, 0.1) is 6.10 Å². The quantitative estimate of drug-likeness (QED) is 0.539. The molecule has 0 aliphatic heterocycles. The number of rotatable bonds is 9. The topological polar surface area (TPSA) is 60.8 Å². The molecule has 0 amide bonds. The van der Waals surface area contributed by atoms with Crippen molar-refractivity contribution in [1.82, 2.24) is 4.90 Å². The fraction of sp³-hybridized carbons (Fsp3) is 0.450. The Morgan fingerprint density at radius 1 is 1.21 bits per heavy atom. The molecule has 1 aromatic rings. The van der Waals surface area contributed by atoms with Gasteiger partial charge in [0, 0.05) is 24.9 Å². The number of aliphatic hydroxyl groups excluding tert-OH is 1. The molecule has 1 aromatic carbocycles. The zero-order chi connectivity index (χ0) is 17.4. The van der Waals surface area contributed by atoms with Gasteiger partial charge in [-0.2, -0.15) is 0 Å². The molecule has 1 aliphatic rings. The fourth-order valence-corrected chi connectivity index (χ4v) is 3.19. The number of benzene rings is 1. The van der Waals surface area contributed by atoms with Gasteiger partial charge in [-0.05, 0) is 31.9 Å². The van der Waals surface area contributed by atoms with E-state index in [-0.39, 0.29) is 18.4 Å². The van der Waals surface area contributed by atoms with Crippen LogP contribution in [0.25, 0.3) is 0 Å². The summed E-state index contributed by atoms with van der Waals surface area (Å²) in [7, 11) is 2.09. The summed E-state index contributed by atoms with van der Waals surface area (Å²) >= 11 is 0. The molecule has 0 saturated carbocycles. The smallest absolute Gasteiger partial charge is 0.303 e. The Labute approximate surface area is 144 Å².